The molecule has 1 aliphatic rings. The van der Waals surface area contributed by atoms with E-state index in [1.165, 1.54) is 31.4 Å². The molecule has 1 aromatic heterocycles. The highest BCUT2D eigenvalue weighted by molar-refractivity contribution is 7.13. The van der Waals surface area contributed by atoms with Gasteiger partial charge in [-0.05, 0) is 24.7 Å². The zero-order chi connectivity index (χ0) is 11.6. The van der Waals surface area contributed by atoms with Crippen LogP contribution in [-0.4, -0.2) is 11.0 Å². The Morgan fingerprint density at radius 2 is 2.31 bits per heavy atom. The van der Waals surface area contributed by atoms with Gasteiger partial charge in [-0.2, -0.15) is 0 Å². The SMILES string of the molecule is CCc1csc(NC2CCCCC2(C)C)n1. The second kappa shape index (κ2) is 4.74. The molecule has 1 N–H and O–H groups in total. The molecular weight excluding hydrogens is 216 g/mol. The van der Waals surface area contributed by atoms with E-state index in [0.29, 0.717) is 11.5 Å². The summed E-state index contributed by atoms with van der Waals surface area (Å²) in [6.45, 7) is 6.90. The van der Waals surface area contributed by atoms with Crippen LogP contribution in [0.2, 0.25) is 0 Å². The summed E-state index contributed by atoms with van der Waals surface area (Å²) in [6, 6.07) is 0.595. The Labute approximate surface area is 102 Å². The summed E-state index contributed by atoms with van der Waals surface area (Å²) in [6.07, 6.45) is 6.38. The van der Waals surface area contributed by atoms with Crippen molar-refractivity contribution in [2.24, 2.45) is 5.41 Å². The minimum atomic E-state index is 0.413. The average molecular weight is 238 g/mol. The van der Waals surface area contributed by atoms with Gasteiger partial charge in [0.1, 0.15) is 0 Å². The first-order valence-electron chi connectivity index (χ1n) is 6.33. The van der Waals surface area contributed by atoms with Gasteiger partial charge in [-0.15, -0.1) is 11.3 Å². The molecule has 2 nitrogen and oxygen atoms in total. The third kappa shape index (κ3) is 2.57. The second-order valence-corrected chi connectivity index (χ2v) is 6.29. The molecule has 1 aliphatic carbocycles. The first-order chi connectivity index (χ1) is 7.62. The monoisotopic (exact) mass is 238 g/mol. The van der Waals surface area contributed by atoms with Gasteiger partial charge < -0.3 is 5.32 Å². The quantitative estimate of drug-likeness (QED) is 0.858. The van der Waals surface area contributed by atoms with Crippen LogP contribution in [0.5, 0.6) is 0 Å². The molecule has 90 valence electrons. The molecule has 0 aromatic carbocycles. The minimum Gasteiger partial charge on any atom is -0.358 e. The number of hydrogen-bond acceptors (Lipinski definition) is 3. The number of aryl methyl sites for hydroxylation is 1. The third-order valence-electron chi connectivity index (χ3n) is 3.72. The number of aromatic nitrogens is 1. The van der Waals surface area contributed by atoms with Gasteiger partial charge >= 0.3 is 0 Å². The molecule has 1 aromatic rings. The fourth-order valence-corrected chi connectivity index (χ4v) is 3.29. The molecule has 0 radical (unpaired) electrons. The highest BCUT2D eigenvalue weighted by atomic mass is 32.1. The van der Waals surface area contributed by atoms with Crippen LogP contribution in [0.4, 0.5) is 5.13 Å². The van der Waals surface area contributed by atoms with Crippen molar-refractivity contribution in [2.45, 2.75) is 58.9 Å². The normalized spacial score (nSPS) is 24.3. The second-order valence-electron chi connectivity index (χ2n) is 5.43. The van der Waals surface area contributed by atoms with Crippen LogP contribution >= 0.6 is 11.3 Å². The Balaban J connectivity index is 2.02. The van der Waals surface area contributed by atoms with E-state index in [-0.39, 0.29) is 0 Å². The van der Waals surface area contributed by atoms with Crippen LogP contribution in [0, 0.1) is 5.41 Å². The summed E-state index contributed by atoms with van der Waals surface area (Å²) in [5, 5.41) is 6.91. The van der Waals surface area contributed by atoms with Gasteiger partial charge in [0.15, 0.2) is 5.13 Å². The van der Waals surface area contributed by atoms with Crippen molar-refractivity contribution in [3.8, 4) is 0 Å². The Hall–Kier alpha value is -0.570. The lowest BCUT2D eigenvalue weighted by Crippen LogP contribution is -2.38. The van der Waals surface area contributed by atoms with Gasteiger partial charge in [-0.3, -0.25) is 0 Å². The topological polar surface area (TPSA) is 24.9 Å². The Kier molecular flexibility index (Phi) is 3.53. The smallest absolute Gasteiger partial charge is 0.183 e. The lowest BCUT2D eigenvalue weighted by molar-refractivity contribution is 0.217. The molecule has 0 amide bonds. The number of nitrogens with zero attached hydrogens (tertiary/aromatic N) is 1. The first-order valence-corrected chi connectivity index (χ1v) is 7.21. The zero-order valence-corrected chi connectivity index (χ0v) is 11.4. The van der Waals surface area contributed by atoms with Crippen molar-refractivity contribution in [1.82, 2.24) is 4.98 Å². The molecule has 1 unspecified atom stereocenters. The molecule has 3 heteroatoms. The van der Waals surface area contributed by atoms with E-state index in [0.717, 1.165) is 11.6 Å². The summed E-state index contributed by atoms with van der Waals surface area (Å²) < 4.78 is 0. The summed E-state index contributed by atoms with van der Waals surface area (Å²) in [5.74, 6) is 0. The van der Waals surface area contributed by atoms with Crippen LogP contribution in [0.1, 0.15) is 52.1 Å². The summed E-state index contributed by atoms with van der Waals surface area (Å²) in [7, 11) is 0. The highest BCUT2D eigenvalue weighted by Gasteiger charge is 2.32. The van der Waals surface area contributed by atoms with Gasteiger partial charge in [-0.1, -0.05) is 33.6 Å². The van der Waals surface area contributed by atoms with Crippen LogP contribution < -0.4 is 5.32 Å². The average Bonchev–Trinajstić information content (AvgIpc) is 2.69. The summed E-state index contributed by atoms with van der Waals surface area (Å²) in [5.41, 5.74) is 1.62. The van der Waals surface area contributed by atoms with Crippen molar-refractivity contribution < 1.29 is 0 Å². The predicted molar refractivity (Wildman–Crippen MR) is 71.2 cm³/mol. The van der Waals surface area contributed by atoms with E-state index in [2.05, 4.69) is 36.5 Å². The molecule has 0 aliphatic heterocycles. The summed E-state index contributed by atoms with van der Waals surface area (Å²) in [4.78, 5) is 4.60. The van der Waals surface area contributed by atoms with Crippen molar-refractivity contribution >= 4 is 16.5 Å². The molecule has 0 bridgehead atoms. The van der Waals surface area contributed by atoms with E-state index in [1.54, 1.807) is 11.3 Å². The standard InChI is InChI=1S/C13H22N2S/c1-4-10-9-16-12(14-10)15-11-7-5-6-8-13(11,2)3/h9,11H,4-8H2,1-3H3,(H,14,15). The molecule has 1 atom stereocenters. The summed E-state index contributed by atoms with van der Waals surface area (Å²) >= 11 is 1.75. The first kappa shape index (κ1) is 11.9. The third-order valence-corrected chi connectivity index (χ3v) is 4.54. The molecule has 0 spiro atoms. The number of rotatable bonds is 3. The molecule has 2 rings (SSSR count). The molecular formula is C13H22N2S. The van der Waals surface area contributed by atoms with E-state index in [9.17, 15) is 0 Å². The largest absolute Gasteiger partial charge is 0.358 e. The van der Waals surface area contributed by atoms with Gasteiger partial charge in [-0.25, -0.2) is 4.98 Å². The zero-order valence-electron chi connectivity index (χ0n) is 10.5. The molecule has 1 fully saturated rings. The van der Waals surface area contributed by atoms with Crippen molar-refractivity contribution in [2.75, 3.05) is 5.32 Å². The maximum Gasteiger partial charge on any atom is 0.183 e. The lowest BCUT2D eigenvalue weighted by Gasteiger charge is -2.38. The van der Waals surface area contributed by atoms with E-state index in [1.807, 2.05) is 0 Å². The number of nitrogens with one attached hydrogen (secondary N) is 1. The maximum absolute atomic E-state index is 4.60. The predicted octanol–water partition coefficient (Wildman–Crippen LogP) is 4.09. The van der Waals surface area contributed by atoms with Crippen LogP contribution in [0.25, 0.3) is 0 Å². The fraction of sp³-hybridized carbons (Fsp3) is 0.769. The van der Waals surface area contributed by atoms with Crippen LogP contribution in [0.3, 0.4) is 0 Å². The van der Waals surface area contributed by atoms with E-state index in [4.69, 9.17) is 0 Å². The number of hydrogen-bond donors (Lipinski definition) is 1. The van der Waals surface area contributed by atoms with Gasteiger partial charge in [0.2, 0.25) is 0 Å². The van der Waals surface area contributed by atoms with Crippen LogP contribution in [-0.2, 0) is 6.42 Å². The fourth-order valence-electron chi connectivity index (χ4n) is 2.45. The van der Waals surface area contributed by atoms with Crippen molar-refractivity contribution in [1.29, 1.82) is 0 Å². The maximum atomic E-state index is 4.60. The van der Waals surface area contributed by atoms with Gasteiger partial charge in [0.25, 0.3) is 0 Å². The highest BCUT2D eigenvalue weighted by Crippen LogP contribution is 2.37. The van der Waals surface area contributed by atoms with Gasteiger partial charge in [0.05, 0.1) is 5.69 Å². The Bertz CT molecular complexity index is 343. The lowest BCUT2D eigenvalue weighted by atomic mass is 9.73. The van der Waals surface area contributed by atoms with Crippen molar-refractivity contribution in [3.63, 3.8) is 0 Å². The van der Waals surface area contributed by atoms with E-state index < -0.39 is 0 Å². The van der Waals surface area contributed by atoms with Crippen LogP contribution in [0.15, 0.2) is 5.38 Å². The Morgan fingerprint density at radius 3 is 2.94 bits per heavy atom. The van der Waals surface area contributed by atoms with Crippen molar-refractivity contribution in [3.05, 3.63) is 11.1 Å². The molecule has 0 saturated heterocycles. The Morgan fingerprint density at radius 1 is 1.50 bits per heavy atom. The number of anilines is 1. The molecule has 1 saturated carbocycles. The van der Waals surface area contributed by atoms with E-state index >= 15 is 0 Å². The molecule has 16 heavy (non-hydrogen) atoms. The van der Waals surface area contributed by atoms with Gasteiger partial charge in [0, 0.05) is 11.4 Å². The molecule has 1 heterocycles. The minimum absolute atomic E-state index is 0.413. The number of thiazole rings is 1.